The lowest BCUT2D eigenvalue weighted by Gasteiger charge is -2.31. The number of nitrogens with zero attached hydrogens (tertiary/aromatic N) is 5. The number of nitrogens with one attached hydrogen (secondary N) is 1. The van der Waals surface area contributed by atoms with Gasteiger partial charge in [0.1, 0.15) is 5.82 Å². The van der Waals surface area contributed by atoms with E-state index in [0.29, 0.717) is 43.5 Å². The van der Waals surface area contributed by atoms with Crippen molar-refractivity contribution in [3.8, 4) is 11.1 Å². The standard InChI is InChI=1S/C37H48N6O5/c1-5-10-33-32(35(45)42(36-38-24(4)40-43(33)36)27-17-19-29(20-18-27)47-23-28(44)7-3)22-25-13-15-26(16-14-25)30-11-8-9-12-31(30)34-39-37(48-41-34)46-21-6-2/h8-9,11-16,27-29,37,44H,5-7,10,17-23H2,1-4H3,(H,39,41). The molecule has 4 aromatic rings. The topological polar surface area (TPSA) is 125 Å². The highest BCUT2D eigenvalue weighted by Gasteiger charge is 2.29. The molecule has 2 N–H and O–H groups in total. The van der Waals surface area contributed by atoms with Crippen LogP contribution in [-0.4, -0.2) is 61.9 Å². The van der Waals surface area contributed by atoms with Gasteiger partial charge in [-0.3, -0.25) is 9.36 Å². The molecule has 2 aromatic heterocycles. The van der Waals surface area contributed by atoms with Crippen molar-refractivity contribution in [1.29, 1.82) is 0 Å². The second kappa shape index (κ2) is 15.5. The summed E-state index contributed by atoms with van der Waals surface area (Å²) < 4.78 is 15.4. The Morgan fingerprint density at radius 1 is 1.00 bits per heavy atom. The Bertz CT molecular complexity index is 1770. The van der Waals surface area contributed by atoms with E-state index in [2.05, 4.69) is 47.7 Å². The van der Waals surface area contributed by atoms with Crippen molar-refractivity contribution in [2.45, 2.75) is 110 Å². The van der Waals surface area contributed by atoms with Crippen LogP contribution in [0.15, 0.2) is 58.3 Å². The van der Waals surface area contributed by atoms with Crippen LogP contribution in [0.1, 0.15) is 100.0 Å². The third kappa shape index (κ3) is 7.39. The summed E-state index contributed by atoms with van der Waals surface area (Å²) >= 11 is 0. The monoisotopic (exact) mass is 656 g/mol. The summed E-state index contributed by atoms with van der Waals surface area (Å²) in [6.45, 7) is 8.94. The molecule has 1 saturated carbocycles. The highest BCUT2D eigenvalue weighted by atomic mass is 16.8. The van der Waals surface area contributed by atoms with Crippen LogP contribution < -0.4 is 11.0 Å². The second-order valence-electron chi connectivity index (χ2n) is 12.8. The number of hydroxylamine groups is 1. The lowest BCUT2D eigenvalue weighted by atomic mass is 9.92. The molecule has 2 unspecified atom stereocenters. The molecule has 1 aliphatic carbocycles. The Hall–Kier alpha value is -3.90. The van der Waals surface area contributed by atoms with Crippen molar-refractivity contribution in [1.82, 2.24) is 24.6 Å². The van der Waals surface area contributed by atoms with E-state index in [4.69, 9.17) is 24.4 Å². The van der Waals surface area contributed by atoms with Crippen molar-refractivity contribution in [3.05, 3.63) is 87.1 Å². The molecule has 1 fully saturated rings. The fourth-order valence-electron chi connectivity index (χ4n) is 6.69. The molecule has 3 heterocycles. The number of benzene rings is 2. The van der Waals surface area contributed by atoms with Gasteiger partial charge in [0.25, 0.3) is 12.0 Å². The molecule has 2 atom stereocenters. The molecule has 0 saturated heterocycles. The van der Waals surface area contributed by atoms with Crippen LogP contribution in [0.3, 0.4) is 0 Å². The number of aromatic nitrogens is 4. The van der Waals surface area contributed by atoms with E-state index in [9.17, 15) is 9.90 Å². The molecule has 6 rings (SSSR count). The number of hydrogen-bond acceptors (Lipinski definition) is 9. The van der Waals surface area contributed by atoms with E-state index in [1.54, 1.807) is 0 Å². The number of rotatable bonds is 14. The van der Waals surface area contributed by atoms with Gasteiger partial charge in [-0.2, -0.15) is 10.1 Å². The summed E-state index contributed by atoms with van der Waals surface area (Å²) in [5, 5.41) is 14.7. The smallest absolute Gasteiger partial charge is 0.282 e. The first-order valence-corrected chi connectivity index (χ1v) is 17.5. The molecule has 48 heavy (non-hydrogen) atoms. The highest BCUT2D eigenvalue weighted by Crippen LogP contribution is 2.32. The molecule has 256 valence electrons. The average Bonchev–Trinajstić information content (AvgIpc) is 3.75. The molecule has 1 aliphatic heterocycles. The Balaban J connectivity index is 1.28. The van der Waals surface area contributed by atoms with Crippen molar-refractivity contribution in [2.75, 3.05) is 13.2 Å². The number of aliphatic imine (C=N–C) groups is 1. The highest BCUT2D eigenvalue weighted by molar-refractivity contribution is 6.04. The van der Waals surface area contributed by atoms with Gasteiger partial charge < -0.3 is 14.6 Å². The number of aliphatic hydroxyl groups is 1. The van der Waals surface area contributed by atoms with E-state index in [-0.39, 0.29) is 17.7 Å². The summed E-state index contributed by atoms with van der Waals surface area (Å²) in [5.41, 5.74) is 8.68. The summed E-state index contributed by atoms with van der Waals surface area (Å²) in [6.07, 6.45) is 5.97. The quantitative estimate of drug-likeness (QED) is 0.178. The molecule has 2 aliphatic rings. The van der Waals surface area contributed by atoms with Gasteiger partial charge >= 0.3 is 0 Å². The molecule has 0 spiro atoms. The van der Waals surface area contributed by atoms with Crippen LogP contribution in [0.25, 0.3) is 16.9 Å². The van der Waals surface area contributed by atoms with Crippen molar-refractivity contribution < 1.29 is 19.4 Å². The molecular weight excluding hydrogens is 608 g/mol. The number of aryl methyl sites for hydroxylation is 2. The van der Waals surface area contributed by atoms with Gasteiger partial charge in [0.05, 0.1) is 31.1 Å². The third-order valence-electron chi connectivity index (χ3n) is 9.27. The van der Waals surface area contributed by atoms with E-state index in [1.165, 1.54) is 0 Å². The molecule has 0 bridgehead atoms. The summed E-state index contributed by atoms with van der Waals surface area (Å²) in [5.74, 6) is 1.91. The maximum absolute atomic E-state index is 14.5. The van der Waals surface area contributed by atoms with Crippen molar-refractivity contribution in [2.24, 2.45) is 4.99 Å². The first kappa shape index (κ1) is 34.0. The average molecular weight is 657 g/mol. The normalized spacial score (nSPS) is 20.2. The predicted octanol–water partition coefficient (Wildman–Crippen LogP) is 5.67. The van der Waals surface area contributed by atoms with Crippen LogP contribution in [0.2, 0.25) is 0 Å². The van der Waals surface area contributed by atoms with E-state index in [0.717, 1.165) is 78.5 Å². The SMILES string of the molecule is CCCOC1N=C(c2ccccc2-c2ccc(Cc3c(CCC)n4nc(C)nc4n(C4CCC(OCC(O)CC)CC4)c3=O)cc2)NO1. The summed E-state index contributed by atoms with van der Waals surface area (Å²) in [7, 11) is 0. The Kier molecular flexibility index (Phi) is 11.0. The summed E-state index contributed by atoms with van der Waals surface area (Å²) in [6, 6.07) is 16.5. The number of fused-ring (bicyclic) bond motifs is 1. The van der Waals surface area contributed by atoms with Gasteiger partial charge in [-0.25, -0.2) is 19.8 Å². The fourth-order valence-corrected chi connectivity index (χ4v) is 6.69. The zero-order chi connectivity index (χ0) is 33.6. The number of aliphatic hydroxyl groups excluding tert-OH is 1. The molecule has 11 nitrogen and oxygen atoms in total. The van der Waals surface area contributed by atoms with Gasteiger partial charge in [0, 0.05) is 23.6 Å². The molecule has 11 heteroatoms. The van der Waals surface area contributed by atoms with Crippen LogP contribution in [0.5, 0.6) is 0 Å². The number of ether oxygens (including phenoxy) is 2. The van der Waals surface area contributed by atoms with Gasteiger partial charge in [-0.1, -0.05) is 75.7 Å². The second-order valence-corrected chi connectivity index (χ2v) is 12.8. The fraction of sp³-hybridized carbons (Fsp3) is 0.514. The zero-order valence-electron chi connectivity index (χ0n) is 28.5. The van der Waals surface area contributed by atoms with Gasteiger partial charge in [0.2, 0.25) is 5.78 Å². The van der Waals surface area contributed by atoms with Crippen molar-refractivity contribution >= 4 is 11.6 Å². The Morgan fingerprint density at radius 2 is 1.75 bits per heavy atom. The van der Waals surface area contributed by atoms with Gasteiger partial charge in [-0.05, 0) is 68.6 Å². The van der Waals surface area contributed by atoms with Gasteiger partial charge in [-0.15, -0.1) is 0 Å². The van der Waals surface area contributed by atoms with E-state index in [1.807, 2.05) is 48.1 Å². The van der Waals surface area contributed by atoms with Crippen LogP contribution in [-0.2, 0) is 27.2 Å². The Morgan fingerprint density at radius 3 is 2.46 bits per heavy atom. The lowest BCUT2D eigenvalue weighted by molar-refractivity contribution is -0.144. The van der Waals surface area contributed by atoms with Crippen LogP contribution >= 0.6 is 0 Å². The maximum atomic E-state index is 14.5. The minimum atomic E-state index is -0.661. The molecule has 0 amide bonds. The van der Waals surface area contributed by atoms with Crippen LogP contribution in [0, 0.1) is 6.92 Å². The lowest BCUT2D eigenvalue weighted by Crippen LogP contribution is -2.35. The Labute approximate surface area is 281 Å². The molecule has 2 aromatic carbocycles. The first-order chi connectivity index (χ1) is 23.4. The van der Waals surface area contributed by atoms with Gasteiger partial charge in [0.15, 0.2) is 5.84 Å². The third-order valence-corrected chi connectivity index (χ3v) is 9.27. The van der Waals surface area contributed by atoms with Crippen molar-refractivity contribution in [3.63, 3.8) is 0 Å². The molecular formula is C37H48N6O5. The van der Waals surface area contributed by atoms with E-state index >= 15 is 0 Å². The number of hydrogen-bond donors (Lipinski definition) is 2. The summed E-state index contributed by atoms with van der Waals surface area (Å²) in [4.78, 5) is 29.3. The first-order valence-electron chi connectivity index (χ1n) is 17.5. The zero-order valence-corrected chi connectivity index (χ0v) is 28.5. The molecule has 0 radical (unpaired) electrons. The largest absolute Gasteiger partial charge is 0.391 e. The maximum Gasteiger partial charge on any atom is 0.282 e. The minimum absolute atomic E-state index is 0.0101. The minimum Gasteiger partial charge on any atom is -0.391 e. The number of amidine groups is 1. The van der Waals surface area contributed by atoms with E-state index < -0.39 is 12.5 Å². The predicted molar refractivity (Wildman–Crippen MR) is 185 cm³/mol. The van der Waals surface area contributed by atoms with Crippen LogP contribution in [0.4, 0.5) is 0 Å².